The van der Waals surface area contributed by atoms with Crippen LogP contribution in [0.15, 0.2) is 88.1 Å². The first-order valence-corrected chi connectivity index (χ1v) is 10.8. The number of halogens is 1. The van der Waals surface area contributed by atoms with Gasteiger partial charge < -0.3 is 4.74 Å². The van der Waals surface area contributed by atoms with Gasteiger partial charge in [-0.2, -0.15) is 9.50 Å². The molecule has 2 aromatic heterocycles. The molecule has 0 unspecified atom stereocenters. The lowest BCUT2D eigenvalue weighted by Gasteiger charge is -2.05. The summed E-state index contributed by atoms with van der Waals surface area (Å²) in [6.45, 7) is 0. The van der Waals surface area contributed by atoms with E-state index in [4.69, 9.17) is 4.74 Å². The first-order valence-electron chi connectivity index (χ1n) is 9.16. The van der Waals surface area contributed by atoms with E-state index >= 15 is 0 Å². The molecular formula is C23H14BrN3O2S. The average Bonchev–Trinajstić information content (AvgIpc) is 3.29. The van der Waals surface area contributed by atoms with Crippen LogP contribution in [-0.4, -0.2) is 14.6 Å². The molecule has 0 saturated carbocycles. The lowest BCUT2D eigenvalue weighted by Crippen LogP contribution is -2.23. The lowest BCUT2D eigenvalue weighted by atomic mass is 10.2. The molecule has 0 amide bonds. The molecular weight excluding hydrogens is 462 g/mol. The van der Waals surface area contributed by atoms with E-state index in [1.54, 1.807) is 0 Å². The van der Waals surface area contributed by atoms with Crippen LogP contribution in [0.5, 0.6) is 11.5 Å². The number of para-hydroxylation sites is 1. The second-order valence-corrected chi connectivity index (χ2v) is 8.38. The quantitative estimate of drug-likeness (QED) is 0.370. The Morgan fingerprint density at radius 3 is 2.50 bits per heavy atom. The van der Waals surface area contributed by atoms with E-state index in [0.717, 1.165) is 21.3 Å². The Labute approximate surface area is 184 Å². The molecule has 0 N–H and O–H groups in total. The highest BCUT2D eigenvalue weighted by atomic mass is 79.9. The Morgan fingerprint density at radius 1 is 0.933 bits per heavy atom. The van der Waals surface area contributed by atoms with Crippen molar-refractivity contribution in [1.82, 2.24) is 14.6 Å². The van der Waals surface area contributed by atoms with Gasteiger partial charge in [-0.15, -0.1) is 5.10 Å². The fourth-order valence-corrected chi connectivity index (χ4v) is 4.40. The minimum Gasteiger partial charge on any atom is -0.457 e. The van der Waals surface area contributed by atoms with E-state index in [0.29, 0.717) is 21.1 Å². The molecule has 5 rings (SSSR count). The van der Waals surface area contributed by atoms with Crippen molar-refractivity contribution < 1.29 is 4.74 Å². The molecule has 5 nitrogen and oxygen atoms in total. The molecule has 30 heavy (non-hydrogen) atoms. The number of aromatic nitrogens is 3. The summed E-state index contributed by atoms with van der Waals surface area (Å²) in [4.78, 5) is 17.9. The van der Waals surface area contributed by atoms with Crippen LogP contribution in [0.2, 0.25) is 0 Å². The van der Waals surface area contributed by atoms with Crippen LogP contribution in [0, 0.1) is 0 Å². The predicted molar refractivity (Wildman–Crippen MR) is 122 cm³/mol. The SMILES string of the molecule is O=c1/c(=C/c2cccc(Oc3ccccc3)c2)sc2nc(-c3ccccc3Br)nn12. The maximum absolute atomic E-state index is 12.8. The monoisotopic (exact) mass is 475 g/mol. The van der Waals surface area contributed by atoms with Gasteiger partial charge in [-0.3, -0.25) is 4.79 Å². The smallest absolute Gasteiger partial charge is 0.291 e. The van der Waals surface area contributed by atoms with Gasteiger partial charge in [0.1, 0.15) is 11.5 Å². The van der Waals surface area contributed by atoms with E-state index in [-0.39, 0.29) is 5.56 Å². The highest BCUT2D eigenvalue weighted by molar-refractivity contribution is 9.10. The van der Waals surface area contributed by atoms with Gasteiger partial charge in [0, 0.05) is 10.0 Å². The molecule has 0 spiro atoms. The summed E-state index contributed by atoms with van der Waals surface area (Å²) in [5.41, 5.74) is 1.54. The molecule has 0 aliphatic carbocycles. The normalized spacial score (nSPS) is 11.8. The van der Waals surface area contributed by atoms with E-state index in [1.165, 1.54) is 15.9 Å². The molecule has 3 aromatic carbocycles. The second-order valence-electron chi connectivity index (χ2n) is 6.51. The van der Waals surface area contributed by atoms with Crippen LogP contribution in [0.3, 0.4) is 0 Å². The molecule has 146 valence electrons. The highest BCUT2D eigenvalue weighted by Gasteiger charge is 2.13. The molecule has 7 heteroatoms. The second kappa shape index (κ2) is 7.85. The van der Waals surface area contributed by atoms with Crippen LogP contribution in [0.25, 0.3) is 22.4 Å². The fraction of sp³-hybridized carbons (Fsp3) is 0. The molecule has 0 aliphatic rings. The standard InChI is InChI=1S/C23H14BrN3O2S/c24-19-12-5-4-11-18(19)21-25-23-27(26-21)22(28)20(30-23)14-15-7-6-10-17(13-15)29-16-8-2-1-3-9-16/h1-14H/b20-14-. The van der Waals surface area contributed by atoms with Gasteiger partial charge in [0.25, 0.3) is 5.56 Å². The summed E-state index contributed by atoms with van der Waals surface area (Å²) in [6, 6.07) is 24.9. The number of fused-ring (bicyclic) bond motifs is 1. The minimum atomic E-state index is -0.185. The summed E-state index contributed by atoms with van der Waals surface area (Å²) in [5.74, 6) is 1.99. The van der Waals surface area contributed by atoms with E-state index < -0.39 is 0 Å². The maximum Gasteiger partial charge on any atom is 0.291 e. The van der Waals surface area contributed by atoms with Gasteiger partial charge in [-0.1, -0.05) is 69.7 Å². The predicted octanol–water partition coefficient (Wildman–Crippen LogP) is 4.92. The number of nitrogens with zero attached hydrogens (tertiary/aromatic N) is 3. The molecule has 0 aliphatic heterocycles. The lowest BCUT2D eigenvalue weighted by molar-refractivity contribution is 0.482. The summed E-state index contributed by atoms with van der Waals surface area (Å²) in [7, 11) is 0. The number of ether oxygens (including phenoxy) is 1. The van der Waals surface area contributed by atoms with Crippen molar-refractivity contribution in [3.8, 4) is 22.9 Å². The molecule has 0 saturated heterocycles. The van der Waals surface area contributed by atoms with Crippen molar-refractivity contribution in [3.05, 3.63) is 104 Å². The van der Waals surface area contributed by atoms with Crippen LogP contribution < -0.4 is 14.8 Å². The number of benzene rings is 3. The first-order chi connectivity index (χ1) is 14.7. The third-order valence-electron chi connectivity index (χ3n) is 4.43. The van der Waals surface area contributed by atoms with Crippen molar-refractivity contribution in [2.75, 3.05) is 0 Å². The summed E-state index contributed by atoms with van der Waals surface area (Å²) in [5, 5.41) is 4.41. The Kier molecular flexibility index (Phi) is 4.90. The van der Waals surface area contributed by atoms with Gasteiger partial charge >= 0.3 is 0 Å². The number of rotatable bonds is 4. The fourth-order valence-electron chi connectivity index (χ4n) is 3.03. The van der Waals surface area contributed by atoms with Crippen LogP contribution in [0.1, 0.15) is 5.56 Å². The topological polar surface area (TPSA) is 56.5 Å². The molecule has 0 fully saturated rings. The van der Waals surface area contributed by atoms with Gasteiger partial charge in [-0.25, -0.2) is 0 Å². The van der Waals surface area contributed by atoms with Crippen LogP contribution in [-0.2, 0) is 0 Å². The zero-order valence-electron chi connectivity index (χ0n) is 15.5. The number of hydrogen-bond acceptors (Lipinski definition) is 5. The maximum atomic E-state index is 12.8. The van der Waals surface area contributed by atoms with E-state index in [9.17, 15) is 4.79 Å². The summed E-state index contributed by atoms with van der Waals surface area (Å²) in [6.07, 6.45) is 1.83. The first kappa shape index (κ1) is 18.7. The van der Waals surface area contributed by atoms with Crippen molar-refractivity contribution >= 4 is 38.3 Å². The van der Waals surface area contributed by atoms with Gasteiger partial charge in [0.05, 0.1) is 4.53 Å². The average molecular weight is 476 g/mol. The Balaban J connectivity index is 1.50. The zero-order chi connectivity index (χ0) is 20.5. The number of hydrogen-bond donors (Lipinski definition) is 0. The van der Waals surface area contributed by atoms with Crippen molar-refractivity contribution in [1.29, 1.82) is 0 Å². The van der Waals surface area contributed by atoms with Gasteiger partial charge in [-0.05, 0) is 48.0 Å². The summed E-state index contributed by atoms with van der Waals surface area (Å²) < 4.78 is 8.69. The third-order valence-corrected chi connectivity index (χ3v) is 6.08. The summed E-state index contributed by atoms with van der Waals surface area (Å²) >= 11 is 4.82. The zero-order valence-corrected chi connectivity index (χ0v) is 17.9. The molecule has 0 atom stereocenters. The Bertz CT molecular complexity index is 1460. The van der Waals surface area contributed by atoms with Crippen molar-refractivity contribution in [3.63, 3.8) is 0 Å². The number of thiazole rings is 1. The van der Waals surface area contributed by atoms with Crippen molar-refractivity contribution in [2.24, 2.45) is 0 Å². The Hall–Kier alpha value is -3.29. The van der Waals surface area contributed by atoms with Crippen molar-refractivity contribution in [2.45, 2.75) is 0 Å². The Morgan fingerprint density at radius 2 is 1.70 bits per heavy atom. The van der Waals surface area contributed by atoms with Crippen LogP contribution in [0.4, 0.5) is 0 Å². The van der Waals surface area contributed by atoms with E-state index in [2.05, 4.69) is 26.0 Å². The largest absolute Gasteiger partial charge is 0.457 e. The molecule has 0 radical (unpaired) electrons. The molecule has 5 aromatic rings. The highest BCUT2D eigenvalue weighted by Crippen LogP contribution is 2.26. The van der Waals surface area contributed by atoms with Gasteiger partial charge in [0.2, 0.25) is 4.96 Å². The third kappa shape index (κ3) is 3.65. The van der Waals surface area contributed by atoms with Gasteiger partial charge in [0.15, 0.2) is 5.82 Å². The molecule has 2 heterocycles. The minimum absolute atomic E-state index is 0.185. The van der Waals surface area contributed by atoms with E-state index in [1.807, 2.05) is 84.9 Å². The molecule has 0 bridgehead atoms. The van der Waals surface area contributed by atoms with Crippen LogP contribution >= 0.6 is 27.3 Å².